The third-order valence-corrected chi connectivity index (χ3v) is 5.91. The SMILES string of the molecule is CC(C)c1ccc(OCC(=O)N2CCN(c3ccc(-c4ccc(Cl)cc4)nn3)CC2)cc1. The van der Waals surface area contributed by atoms with Crippen LogP contribution in [0.2, 0.25) is 5.02 Å². The lowest BCUT2D eigenvalue weighted by Gasteiger charge is -2.35. The van der Waals surface area contributed by atoms with Crippen molar-refractivity contribution in [3.05, 3.63) is 71.2 Å². The predicted molar refractivity (Wildman–Crippen MR) is 127 cm³/mol. The van der Waals surface area contributed by atoms with E-state index in [1.165, 1.54) is 5.56 Å². The molecular weight excluding hydrogens is 424 g/mol. The number of anilines is 1. The Morgan fingerprint density at radius 3 is 2.22 bits per heavy atom. The lowest BCUT2D eigenvalue weighted by atomic mass is 10.0. The first-order valence-electron chi connectivity index (χ1n) is 10.8. The molecule has 0 bridgehead atoms. The number of piperazine rings is 1. The Labute approximate surface area is 193 Å². The molecule has 0 atom stereocenters. The van der Waals surface area contributed by atoms with E-state index in [2.05, 4.69) is 28.9 Å². The normalized spacial score (nSPS) is 14.0. The zero-order chi connectivity index (χ0) is 22.5. The van der Waals surface area contributed by atoms with E-state index in [0.717, 1.165) is 22.8 Å². The molecule has 0 aliphatic carbocycles. The highest BCUT2D eigenvalue weighted by Crippen LogP contribution is 2.22. The first-order chi connectivity index (χ1) is 15.5. The fourth-order valence-corrected chi connectivity index (χ4v) is 3.76. The van der Waals surface area contributed by atoms with Crippen LogP contribution in [0, 0.1) is 0 Å². The fraction of sp³-hybridized carbons (Fsp3) is 0.320. The maximum Gasteiger partial charge on any atom is 0.260 e. The molecule has 3 aromatic rings. The molecule has 1 saturated heterocycles. The number of carbonyl (C=O) groups is 1. The summed E-state index contributed by atoms with van der Waals surface area (Å²) in [5, 5.41) is 9.43. The summed E-state index contributed by atoms with van der Waals surface area (Å²) in [6.07, 6.45) is 0. The molecule has 4 rings (SSSR count). The lowest BCUT2D eigenvalue weighted by molar-refractivity contribution is -0.133. The molecule has 6 nitrogen and oxygen atoms in total. The summed E-state index contributed by atoms with van der Waals surface area (Å²) in [4.78, 5) is 16.5. The predicted octanol–water partition coefficient (Wildman–Crippen LogP) is 4.65. The number of ether oxygens (including phenoxy) is 1. The van der Waals surface area contributed by atoms with Gasteiger partial charge >= 0.3 is 0 Å². The van der Waals surface area contributed by atoms with Gasteiger partial charge in [-0.3, -0.25) is 4.79 Å². The number of carbonyl (C=O) groups excluding carboxylic acids is 1. The minimum Gasteiger partial charge on any atom is -0.484 e. The number of benzene rings is 2. The quantitative estimate of drug-likeness (QED) is 0.547. The van der Waals surface area contributed by atoms with E-state index in [-0.39, 0.29) is 12.5 Å². The molecule has 1 amide bonds. The average Bonchev–Trinajstić information content (AvgIpc) is 2.83. The zero-order valence-electron chi connectivity index (χ0n) is 18.4. The van der Waals surface area contributed by atoms with Crippen LogP contribution in [0.3, 0.4) is 0 Å². The van der Waals surface area contributed by atoms with E-state index in [1.54, 1.807) is 0 Å². The topological polar surface area (TPSA) is 58.6 Å². The zero-order valence-corrected chi connectivity index (χ0v) is 19.1. The average molecular weight is 451 g/mol. The van der Waals surface area contributed by atoms with Gasteiger partial charge in [0.15, 0.2) is 12.4 Å². The van der Waals surface area contributed by atoms with Crippen molar-refractivity contribution in [1.82, 2.24) is 15.1 Å². The third kappa shape index (κ3) is 5.37. The molecule has 166 valence electrons. The van der Waals surface area contributed by atoms with Crippen molar-refractivity contribution in [2.75, 3.05) is 37.7 Å². The number of hydrogen-bond acceptors (Lipinski definition) is 5. The molecule has 1 aromatic heterocycles. The van der Waals surface area contributed by atoms with E-state index in [9.17, 15) is 4.79 Å². The molecule has 0 N–H and O–H groups in total. The van der Waals surface area contributed by atoms with Crippen molar-refractivity contribution in [3.8, 4) is 17.0 Å². The summed E-state index contributed by atoms with van der Waals surface area (Å²) in [7, 11) is 0. The van der Waals surface area contributed by atoms with Crippen LogP contribution in [-0.2, 0) is 4.79 Å². The molecule has 0 unspecified atom stereocenters. The Hall–Kier alpha value is -3.12. The number of rotatable bonds is 6. The van der Waals surface area contributed by atoms with Gasteiger partial charge in [-0.2, -0.15) is 0 Å². The molecule has 1 aliphatic rings. The van der Waals surface area contributed by atoms with E-state index in [1.807, 2.05) is 65.6 Å². The van der Waals surface area contributed by atoms with Gasteiger partial charge in [0.05, 0.1) is 5.69 Å². The lowest BCUT2D eigenvalue weighted by Crippen LogP contribution is -2.50. The van der Waals surface area contributed by atoms with Gasteiger partial charge in [0.1, 0.15) is 5.75 Å². The minimum absolute atomic E-state index is 0.00163. The molecule has 0 saturated carbocycles. The summed E-state index contributed by atoms with van der Waals surface area (Å²) in [6, 6.07) is 19.4. The van der Waals surface area contributed by atoms with Crippen molar-refractivity contribution < 1.29 is 9.53 Å². The summed E-state index contributed by atoms with van der Waals surface area (Å²) in [6.45, 7) is 7.05. The number of hydrogen-bond donors (Lipinski definition) is 0. The van der Waals surface area contributed by atoms with Gasteiger partial charge in [-0.25, -0.2) is 0 Å². The van der Waals surface area contributed by atoms with E-state index >= 15 is 0 Å². The maximum atomic E-state index is 12.6. The van der Waals surface area contributed by atoms with Crippen molar-refractivity contribution in [1.29, 1.82) is 0 Å². The summed E-state index contributed by atoms with van der Waals surface area (Å²) in [5.74, 6) is 2.01. The van der Waals surface area contributed by atoms with Crippen molar-refractivity contribution in [3.63, 3.8) is 0 Å². The first-order valence-corrected chi connectivity index (χ1v) is 11.2. The van der Waals surface area contributed by atoms with Gasteiger partial charge in [0, 0.05) is 36.8 Å². The van der Waals surface area contributed by atoms with Crippen LogP contribution in [0.25, 0.3) is 11.3 Å². The molecule has 1 aliphatic heterocycles. The Morgan fingerprint density at radius 1 is 0.938 bits per heavy atom. The second kappa shape index (κ2) is 10.0. The standard InChI is InChI=1S/C25H27ClN4O2/c1-18(2)19-5-9-22(10-6-19)32-17-25(31)30-15-13-29(14-16-30)24-12-11-23(27-28-24)20-3-7-21(26)8-4-20/h3-12,18H,13-17H2,1-2H3. The Balaban J connectivity index is 1.27. The van der Waals surface area contributed by atoms with Crippen LogP contribution in [-0.4, -0.2) is 53.8 Å². The van der Waals surface area contributed by atoms with E-state index in [0.29, 0.717) is 37.1 Å². The van der Waals surface area contributed by atoms with Crippen LogP contribution in [0.1, 0.15) is 25.3 Å². The van der Waals surface area contributed by atoms with Gasteiger partial charge in [0.25, 0.3) is 5.91 Å². The van der Waals surface area contributed by atoms with Crippen LogP contribution < -0.4 is 9.64 Å². The Bertz CT molecular complexity index is 1030. The third-order valence-electron chi connectivity index (χ3n) is 5.66. The molecular formula is C25H27ClN4O2. The van der Waals surface area contributed by atoms with Gasteiger partial charge in [-0.1, -0.05) is 49.7 Å². The molecule has 7 heteroatoms. The van der Waals surface area contributed by atoms with Crippen LogP contribution in [0.15, 0.2) is 60.7 Å². The monoisotopic (exact) mass is 450 g/mol. The smallest absolute Gasteiger partial charge is 0.260 e. The van der Waals surface area contributed by atoms with E-state index < -0.39 is 0 Å². The Morgan fingerprint density at radius 2 is 1.62 bits per heavy atom. The highest BCUT2D eigenvalue weighted by Gasteiger charge is 2.22. The van der Waals surface area contributed by atoms with Gasteiger partial charge in [0.2, 0.25) is 0 Å². The van der Waals surface area contributed by atoms with Gasteiger partial charge in [-0.05, 0) is 47.9 Å². The molecule has 1 fully saturated rings. The van der Waals surface area contributed by atoms with Crippen molar-refractivity contribution in [2.45, 2.75) is 19.8 Å². The van der Waals surface area contributed by atoms with Gasteiger partial charge < -0.3 is 14.5 Å². The minimum atomic E-state index is 0.00163. The fourth-order valence-electron chi connectivity index (χ4n) is 3.64. The number of aromatic nitrogens is 2. The highest BCUT2D eigenvalue weighted by atomic mass is 35.5. The van der Waals surface area contributed by atoms with Crippen molar-refractivity contribution >= 4 is 23.3 Å². The molecule has 0 spiro atoms. The number of nitrogens with zero attached hydrogens (tertiary/aromatic N) is 4. The highest BCUT2D eigenvalue weighted by molar-refractivity contribution is 6.30. The molecule has 2 heterocycles. The summed E-state index contributed by atoms with van der Waals surface area (Å²) >= 11 is 5.95. The van der Waals surface area contributed by atoms with Gasteiger partial charge in [-0.15, -0.1) is 10.2 Å². The van der Waals surface area contributed by atoms with Crippen molar-refractivity contribution in [2.24, 2.45) is 0 Å². The molecule has 0 radical (unpaired) electrons. The number of amides is 1. The maximum absolute atomic E-state index is 12.6. The molecule has 2 aromatic carbocycles. The van der Waals surface area contributed by atoms with Crippen LogP contribution in [0.5, 0.6) is 5.75 Å². The largest absolute Gasteiger partial charge is 0.484 e. The first kappa shape index (κ1) is 22.1. The second-order valence-electron chi connectivity index (χ2n) is 8.16. The van der Waals surface area contributed by atoms with Crippen LogP contribution in [0.4, 0.5) is 5.82 Å². The Kier molecular flexibility index (Phi) is 6.90. The number of halogens is 1. The summed E-state index contributed by atoms with van der Waals surface area (Å²) < 4.78 is 5.69. The molecule has 32 heavy (non-hydrogen) atoms. The second-order valence-corrected chi connectivity index (χ2v) is 8.60. The summed E-state index contributed by atoms with van der Waals surface area (Å²) in [5.41, 5.74) is 3.03. The van der Waals surface area contributed by atoms with Crippen LogP contribution >= 0.6 is 11.6 Å². The van der Waals surface area contributed by atoms with E-state index in [4.69, 9.17) is 16.3 Å².